The normalized spacial score (nSPS) is 9.94. The molecule has 5 nitrogen and oxygen atoms in total. The number of benzene rings is 1. The van der Waals surface area contributed by atoms with Crippen LogP contribution >= 0.6 is 0 Å². The first-order valence-corrected chi connectivity index (χ1v) is 5.01. The molecule has 0 spiro atoms. The summed E-state index contributed by atoms with van der Waals surface area (Å²) in [5, 5.41) is 3.21. The molecule has 0 saturated heterocycles. The third-order valence-corrected chi connectivity index (χ3v) is 2.16. The van der Waals surface area contributed by atoms with Gasteiger partial charge in [-0.1, -0.05) is 11.8 Å². The molecule has 0 amide bonds. The fourth-order valence-corrected chi connectivity index (χ4v) is 1.41. The van der Waals surface area contributed by atoms with E-state index in [9.17, 15) is 9.59 Å². The minimum atomic E-state index is -0.753. The maximum atomic E-state index is 11.4. The SMILES string of the molecule is CNCC#Cc1ccc2[nH]c(=O)oc(=O)c2c1. The zero-order chi connectivity index (χ0) is 12.3. The van der Waals surface area contributed by atoms with Gasteiger partial charge in [-0.2, -0.15) is 0 Å². The molecule has 1 aromatic carbocycles. The highest BCUT2D eigenvalue weighted by Gasteiger charge is 2.02. The molecule has 0 unspecified atom stereocenters. The monoisotopic (exact) mass is 230 g/mol. The van der Waals surface area contributed by atoms with Crippen molar-refractivity contribution in [3.8, 4) is 11.8 Å². The molecule has 86 valence electrons. The average Bonchev–Trinajstić information content (AvgIpc) is 2.30. The predicted molar refractivity (Wildman–Crippen MR) is 63.9 cm³/mol. The van der Waals surface area contributed by atoms with Crippen LogP contribution in [0.25, 0.3) is 10.9 Å². The van der Waals surface area contributed by atoms with Crippen molar-refractivity contribution in [3.05, 3.63) is 44.7 Å². The molecule has 0 aliphatic heterocycles. The molecule has 2 aromatic rings. The summed E-state index contributed by atoms with van der Waals surface area (Å²) in [4.78, 5) is 24.8. The highest BCUT2D eigenvalue weighted by Crippen LogP contribution is 2.07. The van der Waals surface area contributed by atoms with E-state index in [1.165, 1.54) is 0 Å². The van der Waals surface area contributed by atoms with E-state index in [4.69, 9.17) is 0 Å². The van der Waals surface area contributed by atoms with Gasteiger partial charge in [-0.25, -0.2) is 9.59 Å². The van der Waals surface area contributed by atoms with Gasteiger partial charge < -0.3 is 9.73 Å². The lowest BCUT2D eigenvalue weighted by Crippen LogP contribution is -2.14. The summed E-state index contributed by atoms with van der Waals surface area (Å²) in [5.74, 6) is 5.02. The van der Waals surface area contributed by atoms with Gasteiger partial charge in [0.15, 0.2) is 0 Å². The van der Waals surface area contributed by atoms with Crippen LogP contribution < -0.4 is 16.7 Å². The lowest BCUT2D eigenvalue weighted by atomic mass is 10.1. The van der Waals surface area contributed by atoms with Crippen molar-refractivity contribution >= 4 is 10.9 Å². The molecule has 17 heavy (non-hydrogen) atoms. The van der Waals surface area contributed by atoms with E-state index in [0.29, 0.717) is 23.0 Å². The summed E-state index contributed by atoms with van der Waals surface area (Å²) in [6.45, 7) is 0.568. The van der Waals surface area contributed by atoms with Crippen molar-refractivity contribution in [1.29, 1.82) is 0 Å². The van der Waals surface area contributed by atoms with Gasteiger partial charge in [0, 0.05) is 5.56 Å². The Morgan fingerprint density at radius 1 is 1.41 bits per heavy atom. The molecule has 0 bridgehead atoms. The lowest BCUT2D eigenvalue weighted by Gasteiger charge is -1.95. The number of aromatic nitrogens is 1. The fourth-order valence-electron chi connectivity index (χ4n) is 1.41. The summed E-state index contributed by atoms with van der Waals surface area (Å²) in [5.41, 5.74) is 0.499. The molecule has 0 aliphatic rings. The van der Waals surface area contributed by atoms with Crippen LogP contribution in [0.15, 0.2) is 32.2 Å². The van der Waals surface area contributed by atoms with Crippen LogP contribution in [0.4, 0.5) is 0 Å². The molecule has 1 heterocycles. The van der Waals surface area contributed by atoms with E-state index in [-0.39, 0.29) is 0 Å². The molecule has 2 N–H and O–H groups in total. The molecule has 5 heteroatoms. The number of rotatable bonds is 1. The Kier molecular flexibility index (Phi) is 3.08. The zero-order valence-electron chi connectivity index (χ0n) is 9.16. The summed E-state index contributed by atoms with van der Waals surface area (Å²) in [7, 11) is 1.80. The van der Waals surface area contributed by atoms with E-state index in [2.05, 4.69) is 26.6 Å². The fraction of sp³-hybridized carbons (Fsp3) is 0.167. The van der Waals surface area contributed by atoms with Gasteiger partial charge >= 0.3 is 11.4 Å². The summed E-state index contributed by atoms with van der Waals surface area (Å²) < 4.78 is 4.44. The molecule has 2 rings (SSSR count). The van der Waals surface area contributed by atoms with Gasteiger partial charge in [-0.3, -0.25) is 4.98 Å². The number of H-pyrrole nitrogens is 1. The number of aromatic amines is 1. The lowest BCUT2D eigenvalue weighted by molar-refractivity contribution is 0.460. The molecule has 0 saturated carbocycles. The molecule has 0 aliphatic carbocycles. The Labute approximate surface area is 96.5 Å². The first kappa shape index (κ1) is 11.2. The van der Waals surface area contributed by atoms with Crippen molar-refractivity contribution < 1.29 is 4.42 Å². The number of nitrogens with one attached hydrogen (secondary N) is 2. The number of fused-ring (bicyclic) bond motifs is 1. The van der Waals surface area contributed by atoms with Crippen LogP contribution in [-0.4, -0.2) is 18.6 Å². The topological polar surface area (TPSA) is 75.1 Å². The summed E-state index contributed by atoms with van der Waals surface area (Å²) >= 11 is 0. The second-order valence-corrected chi connectivity index (χ2v) is 3.39. The van der Waals surface area contributed by atoms with Crippen LogP contribution in [0.5, 0.6) is 0 Å². The first-order valence-electron chi connectivity index (χ1n) is 5.01. The second kappa shape index (κ2) is 4.68. The van der Waals surface area contributed by atoms with Crippen molar-refractivity contribution in [2.75, 3.05) is 13.6 Å². The minimum absolute atomic E-state index is 0.320. The largest absolute Gasteiger partial charge is 0.419 e. The Balaban J connectivity index is 2.56. The summed E-state index contributed by atoms with van der Waals surface area (Å²) in [6.07, 6.45) is 0. The number of hydrogen-bond donors (Lipinski definition) is 2. The zero-order valence-corrected chi connectivity index (χ0v) is 9.16. The van der Waals surface area contributed by atoms with Gasteiger partial charge in [0.05, 0.1) is 17.4 Å². The Hall–Kier alpha value is -2.32. The van der Waals surface area contributed by atoms with Crippen LogP contribution in [0, 0.1) is 11.8 Å². The van der Waals surface area contributed by atoms with Crippen molar-refractivity contribution in [3.63, 3.8) is 0 Å². The molecular weight excluding hydrogens is 220 g/mol. The molecular formula is C12H10N2O3. The van der Waals surface area contributed by atoms with Gasteiger partial charge in [-0.15, -0.1) is 0 Å². The molecule has 0 radical (unpaired) electrons. The maximum absolute atomic E-state index is 11.4. The van der Waals surface area contributed by atoms with Crippen molar-refractivity contribution in [2.45, 2.75) is 0 Å². The third kappa shape index (κ3) is 2.44. The molecule has 0 atom stereocenters. The predicted octanol–water partition coefficient (Wildman–Crippen LogP) is 0.0522. The smallest absolute Gasteiger partial charge is 0.372 e. The number of hydrogen-bond acceptors (Lipinski definition) is 4. The summed E-state index contributed by atoms with van der Waals surface area (Å²) in [6, 6.07) is 4.97. The Morgan fingerprint density at radius 3 is 3.00 bits per heavy atom. The van der Waals surface area contributed by atoms with Gasteiger partial charge in [0.2, 0.25) is 0 Å². The average molecular weight is 230 g/mol. The second-order valence-electron chi connectivity index (χ2n) is 3.39. The Morgan fingerprint density at radius 2 is 2.24 bits per heavy atom. The van der Waals surface area contributed by atoms with Gasteiger partial charge in [0.1, 0.15) is 0 Å². The third-order valence-electron chi connectivity index (χ3n) is 2.16. The highest BCUT2D eigenvalue weighted by atomic mass is 16.4. The minimum Gasteiger partial charge on any atom is -0.372 e. The van der Waals surface area contributed by atoms with E-state index in [1.807, 2.05) is 0 Å². The van der Waals surface area contributed by atoms with Gasteiger partial charge in [-0.05, 0) is 25.2 Å². The van der Waals surface area contributed by atoms with E-state index in [1.54, 1.807) is 25.2 Å². The molecule has 0 fully saturated rings. The van der Waals surface area contributed by atoms with E-state index >= 15 is 0 Å². The van der Waals surface area contributed by atoms with E-state index in [0.717, 1.165) is 0 Å². The van der Waals surface area contributed by atoms with E-state index < -0.39 is 11.4 Å². The van der Waals surface area contributed by atoms with Crippen molar-refractivity contribution in [2.24, 2.45) is 0 Å². The quantitative estimate of drug-likeness (QED) is 0.679. The van der Waals surface area contributed by atoms with Crippen LogP contribution in [0.1, 0.15) is 5.56 Å². The highest BCUT2D eigenvalue weighted by molar-refractivity contribution is 5.78. The first-order chi connectivity index (χ1) is 8.20. The standard InChI is InChI=1S/C12H10N2O3/c1-13-6-2-3-8-4-5-10-9(7-8)11(15)17-12(16)14-10/h4-5,7,13H,6H2,1H3,(H,14,16). The van der Waals surface area contributed by atoms with Crippen LogP contribution in [-0.2, 0) is 0 Å². The van der Waals surface area contributed by atoms with Crippen molar-refractivity contribution in [1.82, 2.24) is 10.3 Å². The van der Waals surface area contributed by atoms with Crippen LogP contribution in [0.3, 0.4) is 0 Å². The van der Waals surface area contributed by atoms with Crippen LogP contribution in [0.2, 0.25) is 0 Å². The molecule has 1 aromatic heterocycles. The Bertz CT molecular complexity index is 716. The maximum Gasteiger partial charge on any atom is 0.419 e. The van der Waals surface area contributed by atoms with Gasteiger partial charge in [0.25, 0.3) is 0 Å².